The molecule has 1 heterocycles. The second kappa shape index (κ2) is 5.73. The molecule has 3 atom stereocenters. The molecule has 2 N–H and O–H groups in total. The molecule has 0 saturated carbocycles. The number of hydrogen-bond donors (Lipinski definition) is 2. The Morgan fingerprint density at radius 1 is 1.17 bits per heavy atom. The van der Waals surface area contributed by atoms with Gasteiger partial charge in [-0.1, -0.05) is 35.4 Å². The average molecular weight is 357 g/mol. The summed E-state index contributed by atoms with van der Waals surface area (Å²) in [5.74, 6) is 0.518. The van der Waals surface area contributed by atoms with Crippen LogP contribution in [0.15, 0.2) is 42.5 Å². The summed E-state index contributed by atoms with van der Waals surface area (Å²) < 4.78 is 0. The van der Waals surface area contributed by atoms with Crippen molar-refractivity contribution in [3.05, 3.63) is 69.2 Å². The first-order valence-electron chi connectivity index (χ1n) is 7.73. The Hall–Kier alpha value is -2.15. The van der Waals surface area contributed by atoms with Gasteiger partial charge in [-0.05, 0) is 48.2 Å². The fraction of sp³-hybridized carbons (Fsp3) is 0.211. The van der Waals surface area contributed by atoms with Crippen LogP contribution in [0, 0.1) is 17.2 Å². The Morgan fingerprint density at radius 2 is 2.00 bits per heavy atom. The molecule has 0 aromatic heterocycles. The normalized spacial score (nSPS) is 24.0. The van der Waals surface area contributed by atoms with E-state index in [1.807, 2.05) is 12.1 Å². The number of nitrogens with one attached hydrogen (secondary N) is 1. The van der Waals surface area contributed by atoms with E-state index in [0.717, 1.165) is 17.7 Å². The lowest BCUT2D eigenvalue weighted by molar-refractivity contribution is 0.402. The zero-order valence-corrected chi connectivity index (χ0v) is 14.1. The molecule has 1 aliphatic carbocycles. The van der Waals surface area contributed by atoms with Crippen LogP contribution in [0.2, 0.25) is 10.0 Å². The fourth-order valence-electron chi connectivity index (χ4n) is 3.79. The van der Waals surface area contributed by atoms with E-state index in [2.05, 4.69) is 23.5 Å². The third kappa shape index (κ3) is 2.34. The largest absolute Gasteiger partial charge is 0.506 e. The number of aromatic hydroxyl groups is 1. The van der Waals surface area contributed by atoms with Crippen molar-refractivity contribution < 1.29 is 5.11 Å². The Labute approximate surface area is 150 Å². The number of fused-ring (bicyclic) bond motifs is 3. The van der Waals surface area contributed by atoms with Crippen molar-refractivity contribution >= 4 is 28.9 Å². The number of allylic oxidation sites excluding steroid dienone is 2. The highest BCUT2D eigenvalue weighted by Gasteiger charge is 2.39. The molecule has 1 aliphatic heterocycles. The van der Waals surface area contributed by atoms with Gasteiger partial charge in [0.15, 0.2) is 0 Å². The Kier molecular flexibility index (Phi) is 3.68. The maximum atomic E-state index is 10.4. The lowest BCUT2D eigenvalue weighted by atomic mass is 9.76. The molecule has 0 amide bonds. The minimum absolute atomic E-state index is 0.0707. The van der Waals surface area contributed by atoms with Crippen molar-refractivity contribution in [3.63, 3.8) is 0 Å². The van der Waals surface area contributed by atoms with Crippen LogP contribution >= 0.6 is 23.2 Å². The third-order valence-electron chi connectivity index (χ3n) is 4.88. The van der Waals surface area contributed by atoms with E-state index in [4.69, 9.17) is 28.5 Å². The molecule has 0 bridgehead atoms. The molecule has 0 fully saturated rings. The second-order valence-electron chi connectivity index (χ2n) is 6.21. The summed E-state index contributed by atoms with van der Waals surface area (Å²) in [4.78, 5) is 0. The van der Waals surface area contributed by atoms with Crippen LogP contribution in [0.5, 0.6) is 5.75 Å². The maximum Gasteiger partial charge on any atom is 0.139 e. The summed E-state index contributed by atoms with van der Waals surface area (Å²) >= 11 is 12.3. The Morgan fingerprint density at radius 3 is 2.79 bits per heavy atom. The fourth-order valence-corrected chi connectivity index (χ4v) is 4.30. The Balaban J connectivity index is 1.84. The van der Waals surface area contributed by atoms with E-state index in [-0.39, 0.29) is 28.6 Å². The van der Waals surface area contributed by atoms with E-state index in [0.29, 0.717) is 16.1 Å². The van der Waals surface area contributed by atoms with Crippen molar-refractivity contribution in [1.82, 2.24) is 0 Å². The van der Waals surface area contributed by atoms with E-state index in [9.17, 15) is 5.11 Å². The summed E-state index contributed by atoms with van der Waals surface area (Å²) in [7, 11) is 0. The minimum Gasteiger partial charge on any atom is -0.506 e. The van der Waals surface area contributed by atoms with Gasteiger partial charge in [0.1, 0.15) is 5.75 Å². The molecular formula is C19H14Cl2N2O. The SMILES string of the molecule is N#Cc1ccc2c(c1)C1C=CCC1C(c1cc(Cl)cc(Cl)c1O)N2. The first-order valence-corrected chi connectivity index (χ1v) is 8.49. The maximum absolute atomic E-state index is 10.4. The standard InChI is InChI=1S/C19H14Cl2N2O/c20-11-7-15(19(24)16(21)8-11)18-13-3-1-2-12(13)14-6-10(9-22)4-5-17(14)23-18/h1-2,4-8,12-13,18,23-24H,3H2. The summed E-state index contributed by atoms with van der Waals surface area (Å²) in [6, 6.07) is 11.1. The number of halogens is 2. The predicted octanol–water partition coefficient (Wildman–Crippen LogP) is 5.40. The van der Waals surface area contributed by atoms with Crippen molar-refractivity contribution in [3.8, 4) is 11.8 Å². The monoisotopic (exact) mass is 356 g/mol. The van der Waals surface area contributed by atoms with Crippen LogP contribution < -0.4 is 5.32 Å². The summed E-state index contributed by atoms with van der Waals surface area (Å²) in [5.41, 5.74) is 3.46. The topological polar surface area (TPSA) is 56.0 Å². The predicted molar refractivity (Wildman–Crippen MR) is 95.6 cm³/mol. The zero-order chi connectivity index (χ0) is 16.8. The van der Waals surface area contributed by atoms with Gasteiger partial charge in [0, 0.05) is 22.2 Å². The number of benzene rings is 2. The van der Waals surface area contributed by atoms with E-state index in [1.165, 1.54) is 0 Å². The number of hydrogen-bond acceptors (Lipinski definition) is 3. The molecule has 0 spiro atoms. The number of rotatable bonds is 1. The van der Waals surface area contributed by atoms with Gasteiger partial charge in [-0.25, -0.2) is 0 Å². The van der Waals surface area contributed by atoms with Gasteiger partial charge in [-0.15, -0.1) is 0 Å². The summed E-state index contributed by atoms with van der Waals surface area (Å²) in [6.45, 7) is 0. The minimum atomic E-state index is -0.0957. The molecule has 2 aromatic rings. The zero-order valence-electron chi connectivity index (χ0n) is 12.6. The van der Waals surface area contributed by atoms with Crippen molar-refractivity contribution in [2.45, 2.75) is 18.4 Å². The van der Waals surface area contributed by atoms with Crippen molar-refractivity contribution in [2.24, 2.45) is 5.92 Å². The van der Waals surface area contributed by atoms with E-state index < -0.39 is 0 Å². The van der Waals surface area contributed by atoms with Gasteiger partial charge in [0.25, 0.3) is 0 Å². The Bertz CT molecular complexity index is 901. The van der Waals surface area contributed by atoms with Gasteiger partial charge in [0.2, 0.25) is 0 Å². The first kappa shape index (κ1) is 15.4. The number of nitrogens with zero attached hydrogens (tertiary/aromatic N) is 1. The van der Waals surface area contributed by atoms with Crippen LogP contribution in [-0.2, 0) is 0 Å². The molecule has 5 heteroatoms. The van der Waals surface area contributed by atoms with Crippen molar-refractivity contribution in [1.29, 1.82) is 5.26 Å². The second-order valence-corrected chi connectivity index (χ2v) is 7.06. The highest BCUT2D eigenvalue weighted by atomic mass is 35.5. The van der Waals surface area contributed by atoms with Crippen molar-refractivity contribution in [2.75, 3.05) is 5.32 Å². The van der Waals surface area contributed by atoms with Crippen LogP contribution in [0.1, 0.15) is 35.1 Å². The van der Waals surface area contributed by atoms with Gasteiger partial charge in [-0.2, -0.15) is 5.26 Å². The molecule has 2 aliphatic rings. The van der Waals surface area contributed by atoms with E-state index >= 15 is 0 Å². The molecule has 24 heavy (non-hydrogen) atoms. The van der Waals surface area contributed by atoms with E-state index in [1.54, 1.807) is 18.2 Å². The summed E-state index contributed by atoms with van der Waals surface area (Å²) in [5, 5.41) is 23.9. The molecular weight excluding hydrogens is 343 g/mol. The first-order chi connectivity index (χ1) is 11.6. The molecule has 120 valence electrons. The van der Waals surface area contributed by atoms with Gasteiger partial charge in [-0.3, -0.25) is 0 Å². The number of phenolic OH excluding ortho intramolecular Hbond substituents is 1. The number of nitriles is 1. The third-order valence-corrected chi connectivity index (χ3v) is 5.39. The molecule has 3 unspecified atom stereocenters. The molecule has 4 rings (SSSR count). The number of anilines is 1. The molecule has 2 aromatic carbocycles. The van der Waals surface area contributed by atoms with Crippen LogP contribution in [0.25, 0.3) is 0 Å². The summed E-state index contributed by atoms with van der Waals surface area (Å²) in [6.07, 6.45) is 5.23. The van der Waals surface area contributed by atoms with Crippen LogP contribution in [0.3, 0.4) is 0 Å². The van der Waals surface area contributed by atoms with Gasteiger partial charge in [0.05, 0.1) is 22.7 Å². The number of phenols is 1. The lowest BCUT2D eigenvalue weighted by Gasteiger charge is -2.38. The highest BCUT2D eigenvalue weighted by molar-refractivity contribution is 6.35. The molecule has 3 nitrogen and oxygen atoms in total. The van der Waals surface area contributed by atoms with Crippen LogP contribution in [0.4, 0.5) is 5.69 Å². The lowest BCUT2D eigenvalue weighted by Crippen LogP contribution is -2.29. The quantitative estimate of drug-likeness (QED) is 0.672. The molecule has 0 saturated heterocycles. The van der Waals surface area contributed by atoms with Gasteiger partial charge >= 0.3 is 0 Å². The van der Waals surface area contributed by atoms with Gasteiger partial charge < -0.3 is 10.4 Å². The smallest absolute Gasteiger partial charge is 0.139 e. The van der Waals surface area contributed by atoms with Crippen LogP contribution in [-0.4, -0.2) is 5.11 Å². The highest BCUT2D eigenvalue weighted by Crippen LogP contribution is 2.52. The molecule has 0 radical (unpaired) electrons. The average Bonchev–Trinajstić information content (AvgIpc) is 3.07.